The molecule has 1 aromatic heterocycles. The van der Waals surface area contributed by atoms with Gasteiger partial charge in [-0.25, -0.2) is 0 Å². The minimum absolute atomic E-state index is 0.107. The number of nitrogens with two attached hydrogens (primary N) is 1. The first kappa shape index (κ1) is 18.3. The van der Waals surface area contributed by atoms with Gasteiger partial charge in [0.25, 0.3) is 5.89 Å². The van der Waals surface area contributed by atoms with Crippen LogP contribution in [0.3, 0.4) is 0 Å². The fourth-order valence-electron chi connectivity index (χ4n) is 3.65. The van der Waals surface area contributed by atoms with Crippen molar-refractivity contribution in [3.8, 4) is 40.1 Å². The van der Waals surface area contributed by atoms with Gasteiger partial charge < -0.3 is 24.5 Å². The van der Waals surface area contributed by atoms with E-state index in [1.807, 2.05) is 6.07 Å². The molecule has 2 aromatic carbocycles. The summed E-state index contributed by atoms with van der Waals surface area (Å²) < 4.78 is 21.7. The first-order valence-electron chi connectivity index (χ1n) is 9.17. The van der Waals surface area contributed by atoms with Crippen molar-refractivity contribution in [3.05, 3.63) is 41.5 Å². The van der Waals surface area contributed by atoms with E-state index in [-0.39, 0.29) is 6.04 Å². The quantitative estimate of drug-likeness (QED) is 0.719. The number of rotatable bonds is 5. The largest absolute Gasteiger partial charge is 0.493 e. The van der Waals surface area contributed by atoms with Gasteiger partial charge in [-0.2, -0.15) is 4.98 Å². The molecule has 0 saturated carbocycles. The maximum Gasteiger partial charge on any atom is 0.258 e. The second-order valence-corrected chi connectivity index (χ2v) is 6.75. The molecule has 1 aliphatic carbocycles. The van der Waals surface area contributed by atoms with Crippen LogP contribution in [0.4, 0.5) is 0 Å². The van der Waals surface area contributed by atoms with Gasteiger partial charge in [-0.15, -0.1) is 0 Å². The van der Waals surface area contributed by atoms with Gasteiger partial charge in [0.1, 0.15) is 0 Å². The molecule has 1 atom stereocenters. The Kier molecular flexibility index (Phi) is 4.92. The maximum atomic E-state index is 6.21. The fourth-order valence-corrected chi connectivity index (χ4v) is 3.65. The summed E-state index contributed by atoms with van der Waals surface area (Å²) in [6.45, 7) is 0. The summed E-state index contributed by atoms with van der Waals surface area (Å²) in [5.41, 5.74) is 10.3. The lowest BCUT2D eigenvalue weighted by molar-refractivity contribution is 0.324. The second-order valence-electron chi connectivity index (χ2n) is 6.75. The molecule has 1 unspecified atom stereocenters. The van der Waals surface area contributed by atoms with Crippen molar-refractivity contribution in [1.29, 1.82) is 0 Å². The standard InChI is InChI=1S/C21H23N3O4/c1-25-17-10-14(11-18(26-2)19(17)27-3)20-23-21(28-24-20)13-7-8-15-12(9-13)5-4-6-16(15)22/h7-11,16H,4-6,22H2,1-3H3. The molecule has 0 aliphatic heterocycles. The Morgan fingerprint density at radius 2 is 1.75 bits per heavy atom. The Hall–Kier alpha value is -3.06. The van der Waals surface area contributed by atoms with E-state index in [1.165, 1.54) is 11.1 Å². The zero-order chi connectivity index (χ0) is 19.7. The third kappa shape index (κ3) is 3.18. The smallest absolute Gasteiger partial charge is 0.258 e. The number of hydrogen-bond donors (Lipinski definition) is 1. The van der Waals surface area contributed by atoms with Gasteiger partial charge in [-0.05, 0) is 54.7 Å². The minimum atomic E-state index is 0.107. The molecule has 0 spiro atoms. The molecule has 0 saturated heterocycles. The molecule has 0 amide bonds. The van der Waals surface area contributed by atoms with Crippen molar-refractivity contribution in [2.75, 3.05) is 21.3 Å². The first-order valence-corrected chi connectivity index (χ1v) is 9.17. The van der Waals surface area contributed by atoms with Gasteiger partial charge >= 0.3 is 0 Å². The van der Waals surface area contributed by atoms with Gasteiger partial charge in [0.2, 0.25) is 11.6 Å². The van der Waals surface area contributed by atoms with Crippen molar-refractivity contribution in [2.45, 2.75) is 25.3 Å². The van der Waals surface area contributed by atoms with Crippen LogP contribution < -0.4 is 19.9 Å². The van der Waals surface area contributed by atoms with Gasteiger partial charge in [-0.3, -0.25) is 0 Å². The lowest BCUT2D eigenvalue weighted by Gasteiger charge is -2.22. The van der Waals surface area contributed by atoms with Crippen LogP contribution in [0.1, 0.15) is 30.0 Å². The second kappa shape index (κ2) is 7.52. The van der Waals surface area contributed by atoms with Gasteiger partial charge in [0.05, 0.1) is 21.3 Å². The number of nitrogens with zero attached hydrogens (tertiary/aromatic N) is 2. The van der Waals surface area contributed by atoms with Crippen molar-refractivity contribution < 1.29 is 18.7 Å². The summed E-state index contributed by atoms with van der Waals surface area (Å²) in [7, 11) is 4.70. The lowest BCUT2D eigenvalue weighted by Crippen LogP contribution is -2.17. The fraction of sp³-hybridized carbons (Fsp3) is 0.333. The number of benzene rings is 2. The highest BCUT2D eigenvalue weighted by molar-refractivity contribution is 5.68. The molecule has 1 aliphatic rings. The molecule has 4 rings (SSSR count). The number of aromatic nitrogens is 2. The Morgan fingerprint density at radius 1 is 1.00 bits per heavy atom. The number of hydrogen-bond acceptors (Lipinski definition) is 7. The van der Waals surface area contributed by atoms with Crippen LogP contribution in [-0.4, -0.2) is 31.5 Å². The van der Waals surface area contributed by atoms with E-state index in [0.29, 0.717) is 34.5 Å². The van der Waals surface area contributed by atoms with Crippen molar-refractivity contribution >= 4 is 0 Å². The lowest BCUT2D eigenvalue weighted by atomic mass is 9.87. The van der Waals surface area contributed by atoms with Crippen LogP contribution in [0.5, 0.6) is 17.2 Å². The highest BCUT2D eigenvalue weighted by Crippen LogP contribution is 2.41. The van der Waals surface area contributed by atoms with Crippen LogP contribution in [-0.2, 0) is 6.42 Å². The average molecular weight is 381 g/mol. The highest BCUT2D eigenvalue weighted by Gasteiger charge is 2.20. The SMILES string of the molecule is COc1cc(-c2noc(-c3ccc4c(c3)CCCC4N)n2)cc(OC)c1OC. The Bertz CT molecular complexity index is 974. The van der Waals surface area contributed by atoms with Crippen molar-refractivity contribution in [1.82, 2.24) is 10.1 Å². The summed E-state index contributed by atoms with van der Waals surface area (Å²) in [4.78, 5) is 4.56. The average Bonchev–Trinajstić information content (AvgIpc) is 3.23. The van der Waals surface area contributed by atoms with Crippen LogP contribution in [0, 0.1) is 0 Å². The molecular formula is C21H23N3O4. The summed E-state index contributed by atoms with van der Waals surface area (Å²) in [5.74, 6) is 2.50. The Morgan fingerprint density at radius 3 is 2.43 bits per heavy atom. The van der Waals surface area contributed by atoms with Crippen LogP contribution in [0.15, 0.2) is 34.9 Å². The molecule has 0 bridgehead atoms. The number of methoxy groups -OCH3 is 3. The number of ether oxygens (including phenoxy) is 3. The van der Waals surface area contributed by atoms with E-state index in [2.05, 4.69) is 22.3 Å². The van der Waals surface area contributed by atoms with E-state index in [4.69, 9.17) is 24.5 Å². The zero-order valence-electron chi connectivity index (χ0n) is 16.2. The highest BCUT2D eigenvalue weighted by atomic mass is 16.5. The number of aryl methyl sites for hydroxylation is 1. The maximum absolute atomic E-state index is 6.21. The molecule has 1 heterocycles. The van der Waals surface area contributed by atoms with Crippen molar-refractivity contribution in [3.63, 3.8) is 0 Å². The molecule has 28 heavy (non-hydrogen) atoms. The summed E-state index contributed by atoms with van der Waals surface area (Å²) >= 11 is 0. The minimum Gasteiger partial charge on any atom is -0.493 e. The molecular weight excluding hydrogens is 358 g/mol. The van der Waals surface area contributed by atoms with E-state index in [1.54, 1.807) is 33.5 Å². The van der Waals surface area contributed by atoms with E-state index >= 15 is 0 Å². The monoisotopic (exact) mass is 381 g/mol. The predicted molar refractivity (Wildman–Crippen MR) is 105 cm³/mol. The van der Waals surface area contributed by atoms with Gasteiger partial charge in [0, 0.05) is 17.2 Å². The van der Waals surface area contributed by atoms with Crippen LogP contribution in [0.2, 0.25) is 0 Å². The summed E-state index contributed by atoms with van der Waals surface area (Å²) in [6, 6.07) is 9.84. The third-order valence-corrected chi connectivity index (χ3v) is 5.10. The molecule has 146 valence electrons. The molecule has 0 radical (unpaired) electrons. The van der Waals surface area contributed by atoms with E-state index < -0.39 is 0 Å². The van der Waals surface area contributed by atoms with E-state index in [0.717, 1.165) is 24.8 Å². The van der Waals surface area contributed by atoms with Crippen LogP contribution >= 0.6 is 0 Å². The molecule has 3 aromatic rings. The Balaban J connectivity index is 1.70. The summed E-state index contributed by atoms with van der Waals surface area (Å²) in [6.07, 6.45) is 3.14. The van der Waals surface area contributed by atoms with Crippen LogP contribution in [0.25, 0.3) is 22.8 Å². The Labute approximate surface area is 163 Å². The molecule has 7 heteroatoms. The summed E-state index contributed by atoms with van der Waals surface area (Å²) in [5, 5.41) is 4.13. The van der Waals surface area contributed by atoms with Gasteiger partial charge in [-0.1, -0.05) is 11.2 Å². The first-order chi connectivity index (χ1) is 13.6. The zero-order valence-corrected chi connectivity index (χ0v) is 16.2. The molecule has 2 N–H and O–H groups in total. The number of fused-ring (bicyclic) bond motifs is 1. The topological polar surface area (TPSA) is 92.6 Å². The third-order valence-electron chi connectivity index (χ3n) is 5.10. The molecule has 0 fully saturated rings. The predicted octanol–water partition coefficient (Wildman–Crippen LogP) is 3.77. The van der Waals surface area contributed by atoms with E-state index in [9.17, 15) is 0 Å². The van der Waals surface area contributed by atoms with Crippen molar-refractivity contribution in [2.24, 2.45) is 5.73 Å². The van der Waals surface area contributed by atoms with Gasteiger partial charge in [0.15, 0.2) is 11.5 Å². The molecule has 7 nitrogen and oxygen atoms in total. The normalized spacial score (nSPS) is 15.8.